The molecule has 0 aliphatic carbocycles. The maximum atomic E-state index is 12.3. The number of thioether (sulfide) groups is 1. The first kappa shape index (κ1) is 20.2. The molecule has 2 aromatic carbocycles. The van der Waals surface area contributed by atoms with Crippen LogP contribution in [0.15, 0.2) is 51.8 Å². The van der Waals surface area contributed by atoms with Crippen LogP contribution in [0, 0.1) is 11.3 Å². The van der Waals surface area contributed by atoms with Crippen LogP contribution in [0.2, 0.25) is 0 Å². The Kier molecular flexibility index (Phi) is 6.55. The number of amides is 2. The normalized spacial score (nSPS) is 15.2. The van der Waals surface area contributed by atoms with E-state index in [1.165, 1.54) is 4.90 Å². The van der Waals surface area contributed by atoms with E-state index in [-0.39, 0.29) is 17.8 Å². The van der Waals surface area contributed by atoms with Crippen LogP contribution in [0.5, 0.6) is 5.75 Å². The van der Waals surface area contributed by atoms with Gasteiger partial charge in [-0.1, -0.05) is 31.2 Å². The molecule has 1 fully saturated rings. The lowest BCUT2D eigenvalue weighted by Gasteiger charge is -2.10. The quantitative estimate of drug-likeness (QED) is 0.548. The molecule has 1 saturated heterocycles. The second-order valence-corrected chi connectivity index (χ2v) is 7.93. The second-order valence-electron chi connectivity index (χ2n) is 6.08. The molecule has 0 radical (unpaired) electrons. The van der Waals surface area contributed by atoms with Crippen LogP contribution in [0.3, 0.4) is 0 Å². The van der Waals surface area contributed by atoms with Crippen molar-refractivity contribution in [3.05, 3.63) is 68.5 Å². The van der Waals surface area contributed by atoms with Crippen molar-refractivity contribution in [2.75, 3.05) is 6.54 Å². The summed E-state index contributed by atoms with van der Waals surface area (Å²) in [5, 5.41) is 8.93. The van der Waals surface area contributed by atoms with E-state index in [0.717, 1.165) is 33.8 Å². The number of halogens is 1. The van der Waals surface area contributed by atoms with Crippen LogP contribution in [-0.4, -0.2) is 22.6 Å². The zero-order valence-electron chi connectivity index (χ0n) is 15.1. The van der Waals surface area contributed by atoms with Gasteiger partial charge in [-0.2, -0.15) is 5.26 Å². The fourth-order valence-corrected chi connectivity index (χ4v) is 4.08. The summed E-state index contributed by atoms with van der Waals surface area (Å²) in [7, 11) is 0. The lowest BCUT2D eigenvalue weighted by Crippen LogP contribution is -2.28. The summed E-state index contributed by atoms with van der Waals surface area (Å²) in [5.74, 6) is 0.380. The Morgan fingerprint density at radius 2 is 2.04 bits per heavy atom. The number of hydrogen-bond donors (Lipinski definition) is 0. The highest BCUT2D eigenvalue weighted by atomic mass is 79.9. The van der Waals surface area contributed by atoms with Crippen LogP contribution in [0.25, 0.3) is 6.08 Å². The monoisotopic (exact) mass is 456 g/mol. The van der Waals surface area contributed by atoms with Crippen molar-refractivity contribution in [3.63, 3.8) is 0 Å². The van der Waals surface area contributed by atoms with Gasteiger partial charge in [-0.25, -0.2) is 0 Å². The smallest absolute Gasteiger partial charge is 0.293 e. The largest absolute Gasteiger partial charge is 0.488 e. The van der Waals surface area contributed by atoms with E-state index < -0.39 is 0 Å². The van der Waals surface area contributed by atoms with Gasteiger partial charge >= 0.3 is 0 Å². The Morgan fingerprint density at radius 3 is 2.75 bits per heavy atom. The Bertz CT molecular complexity index is 997. The van der Waals surface area contributed by atoms with Gasteiger partial charge in [0.15, 0.2) is 0 Å². The number of ether oxygens (including phenoxy) is 1. The summed E-state index contributed by atoms with van der Waals surface area (Å²) in [6.07, 6.45) is 2.44. The van der Waals surface area contributed by atoms with Crippen LogP contribution >= 0.6 is 27.7 Å². The van der Waals surface area contributed by atoms with E-state index in [0.29, 0.717) is 22.8 Å². The van der Waals surface area contributed by atoms with Gasteiger partial charge in [0.1, 0.15) is 12.4 Å². The zero-order chi connectivity index (χ0) is 20.1. The van der Waals surface area contributed by atoms with Crippen molar-refractivity contribution in [1.29, 1.82) is 5.26 Å². The van der Waals surface area contributed by atoms with E-state index in [4.69, 9.17) is 10.00 Å². The van der Waals surface area contributed by atoms with Crippen LogP contribution in [0.1, 0.15) is 30.0 Å². The van der Waals surface area contributed by atoms with Gasteiger partial charge in [-0.3, -0.25) is 14.5 Å². The minimum atomic E-state index is -0.249. The van der Waals surface area contributed by atoms with Gasteiger partial charge in [0.25, 0.3) is 11.1 Å². The molecular formula is C21H17BrN2O3S. The van der Waals surface area contributed by atoms with Gasteiger partial charge in [0.2, 0.25) is 0 Å². The number of imide groups is 1. The molecule has 3 rings (SSSR count). The van der Waals surface area contributed by atoms with Crippen molar-refractivity contribution in [2.45, 2.75) is 20.0 Å². The topological polar surface area (TPSA) is 70.4 Å². The molecule has 0 N–H and O–H groups in total. The molecule has 0 atom stereocenters. The Balaban J connectivity index is 1.73. The average Bonchev–Trinajstić information content (AvgIpc) is 2.95. The summed E-state index contributed by atoms with van der Waals surface area (Å²) < 4.78 is 6.55. The van der Waals surface area contributed by atoms with Crippen LogP contribution in [-0.2, 0) is 11.4 Å². The Hall–Kier alpha value is -2.56. The molecule has 1 aliphatic rings. The van der Waals surface area contributed by atoms with Crippen molar-refractivity contribution in [3.8, 4) is 11.8 Å². The molecular weight excluding hydrogens is 440 g/mol. The molecule has 0 bridgehead atoms. The van der Waals surface area contributed by atoms with Gasteiger partial charge in [0, 0.05) is 12.1 Å². The highest BCUT2D eigenvalue weighted by Gasteiger charge is 2.34. The lowest BCUT2D eigenvalue weighted by atomic mass is 10.1. The van der Waals surface area contributed by atoms with E-state index in [9.17, 15) is 9.59 Å². The van der Waals surface area contributed by atoms with Crippen molar-refractivity contribution in [1.82, 2.24) is 4.90 Å². The van der Waals surface area contributed by atoms with E-state index >= 15 is 0 Å². The maximum Gasteiger partial charge on any atom is 0.293 e. The highest BCUT2D eigenvalue weighted by Crippen LogP contribution is 2.34. The molecule has 142 valence electrons. The number of benzene rings is 2. The van der Waals surface area contributed by atoms with Crippen molar-refractivity contribution < 1.29 is 14.3 Å². The number of nitriles is 1. The molecule has 2 amide bonds. The minimum absolute atomic E-state index is 0.228. The Labute approximate surface area is 176 Å². The number of rotatable bonds is 6. The summed E-state index contributed by atoms with van der Waals surface area (Å²) in [6.45, 7) is 2.64. The summed E-state index contributed by atoms with van der Waals surface area (Å²) in [4.78, 5) is 26.0. The number of hydrogen-bond acceptors (Lipinski definition) is 5. The predicted molar refractivity (Wildman–Crippen MR) is 113 cm³/mol. The molecule has 0 aromatic heterocycles. The van der Waals surface area contributed by atoms with Gasteiger partial charge < -0.3 is 4.74 Å². The standard InChI is InChI=1S/C21H17BrN2O3S/c1-2-9-24-20(25)19(28-21(24)26)11-14-7-8-18(17(22)10-14)27-13-16-6-4-3-5-15(16)12-23/h3-8,10-11H,2,9,13H2,1H3/b19-11+. The molecule has 0 saturated carbocycles. The molecule has 1 aliphatic heterocycles. The number of nitrogens with zero attached hydrogens (tertiary/aromatic N) is 2. The van der Waals surface area contributed by atoms with Gasteiger partial charge in [-0.15, -0.1) is 0 Å². The SMILES string of the molecule is CCCN1C(=O)S/C(=C/c2ccc(OCc3ccccc3C#N)c(Br)c2)C1=O. The Morgan fingerprint density at radius 1 is 1.25 bits per heavy atom. The molecule has 28 heavy (non-hydrogen) atoms. The van der Waals surface area contributed by atoms with Gasteiger partial charge in [-0.05, 0) is 64.0 Å². The predicted octanol–water partition coefficient (Wildman–Crippen LogP) is 5.35. The van der Waals surface area contributed by atoms with Gasteiger partial charge in [0.05, 0.1) is 21.0 Å². The third-order valence-electron chi connectivity index (χ3n) is 4.10. The first-order valence-corrected chi connectivity index (χ1v) is 10.3. The summed E-state index contributed by atoms with van der Waals surface area (Å²) >= 11 is 4.44. The first-order valence-electron chi connectivity index (χ1n) is 8.69. The maximum absolute atomic E-state index is 12.3. The molecule has 1 heterocycles. The molecule has 0 spiro atoms. The molecule has 7 heteroatoms. The third-order valence-corrected chi connectivity index (χ3v) is 5.62. The van der Waals surface area contributed by atoms with Crippen molar-refractivity contribution in [2.24, 2.45) is 0 Å². The van der Waals surface area contributed by atoms with E-state index in [2.05, 4.69) is 22.0 Å². The summed E-state index contributed by atoms with van der Waals surface area (Å²) in [6, 6.07) is 14.9. The first-order chi connectivity index (χ1) is 13.5. The second kappa shape index (κ2) is 9.09. The van der Waals surface area contributed by atoms with E-state index in [1.807, 2.05) is 37.3 Å². The number of carbonyl (C=O) groups is 2. The fourth-order valence-electron chi connectivity index (χ4n) is 2.70. The van der Waals surface area contributed by atoms with Crippen LogP contribution < -0.4 is 4.74 Å². The minimum Gasteiger partial charge on any atom is -0.488 e. The lowest BCUT2D eigenvalue weighted by molar-refractivity contribution is -0.122. The zero-order valence-corrected chi connectivity index (χ0v) is 17.5. The van der Waals surface area contributed by atoms with E-state index in [1.54, 1.807) is 18.2 Å². The fraction of sp³-hybridized carbons (Fsp3) is 0.190. The highest BCUT2D eigenvalue weighted by molar-refractivity contribution is 9.10. The molecule has 0 unspecified atom stereocenters. The van der Waals surface area contributed by atoms with Crippen molar-refractivity contribution >= 4 is 44.9 Å². The van der Waals surface area contributed by atoms with Crippen LogP contribution in [0.4, 0.5) is 4.79 Å². The average molecular weight is 457 g/mol. The molecule has 2 aromatic rings. The third kappa shape index (κ3) is 4.46. The summed E-state index contributed by atoms with van der Waals surface area (Å²) in [5.41, 5.74) is 2.18. The molecule has 5 nitrogen and oxygen atoms in total. The number of carbonyl (C=O) groups excluding carboxylic acids is 2.